The highest BCUT2D eigenvalue weighted by atomic mass is 16.4. The minimum absolute atomic E-state index is 0.0653. The summed E-state index contributed by atoms with van der Waals surface area (Å²) in [5.74, 6) is -0.796. The lowest BCUT2D eigenvalue weighted by Gasteiger charge is -2.15. The molecule has 0 radical (unpaired) electrons. The molecule has 82 valence electrons. The third-order valence-corrected chi connectivity index (χ3v) is 2.52. The Bertz CT molecular complexity index is 357. The van der Waals surface area contributed by atoms with Gasteiger partial charge in [0.25, 0.3) is 0 Å². The number of carboxylic acids is 1. The molecule has 1 saturated carbocycles. The van der Waals surface area contributed by atoms with Gasteiger partial charge >= 0.3 is 5.97 Å². The number of carbonyl (C=O) groups is 1. The molecule has 15 heavy (non-hydrogen) atoms. The summed E-state index contributed by atoms with van der Waals surface area (Å²) in [7, 11) is 1.80. The van der Waals surface area contributed by atoms with Crippen molar-refractivity contribution in [3.05, 3.63) is 18.2 Å². The summed E-state index contributed by atoms with van der Waals surface area (Å²) >= 11 is 0. The first-order valence-electron chi connectivity index (χ1n) is 5.08. The maximum absolute atomic E-state index is 10.5. The monoisotopic (exact) mass is 209 g/mol. The molecule has 1 aromatic heterocycles. The zero-order valence-corrected chi connectivity index (χ0v) is 8.76. The fourth-order valence-electron chi connectivity index (χ4n) is 1.70. The molecule has 0 unspecified atom stereocenters. The van der Waals surface area contributed by atoms with E-state index >= 15 is 0 Å². The molecule has 1 aromatic rings. The van der Waals surface area contributed by atoms with Crippen LogP contribution in [-0.4, -0.2) is 39.1 Å². The molecule has 1 aliphatic rings. The van der Waals surface area contributed by atoms with Crippen LogP contribution in [0.25, 0.3) is 0 Å². The smallest absolute Gasteiger partial charge is 0.317 e. The molecule has 5 nitrogen and oxygen atoms in total. The van der Waals surface area contributed by atoms with Gasteiger partial charge in [0.1, 0.15) is 0 Å². The summed E-state index contributed by atoms with van der Waals surface area (Å²) < 4.78 is 2.15. The zero-order valence-electron chi connectivity index (χ0n) is 8.76. The van der Waals surface area contributed by atoms with Crippen LogP contribution in [0.4, 0.5) is 0 Å². The molecule has 0 bridgehead atoms. The molecular weight excluding hydrogens is 194 g/mol. The summed E-state index contributed by atoms with van der Waals surface area (Å²) in [6.07, 6.45) is 6.08. The minimum atomic E-state index is -0.796. The van der Waals surface area contributed by atoms with Crippen LogP contribution in [0.2, 0.25) is 0 Å². The van der Waals surface area contributed by atoms with Gasteiger partial charge in [-0.2, -0.15) is 0 Å². The Morgan fingerprint density at radius 1 is 1.73 bits per heavy atom. The van der Waals surface area contributed by atoms with E-state index in [2.05, 4.69) is 9.55 Å². The second-order valence-electron chi connectivity index (χ2n) is 4.09. The number of aliphatic carboxylic acids is 1. The third-order valence-electron chi connectivity index (χ3n) is 2.52. The Morgan fingerprint density at radius 3 is 3.07 bits per heavy atom. The standard InChI is InChI=1S/C10H15N3O2/c1-12(6-10(14)15)5-9-4-11-7-13(9)8-2-3-8/h4,7-8H,2-3,5-6H2,1H3,(H,14,15). The quantitative estimate of drug-likeness (QED) is 0.776. The molecule has 0 atom stereocenters. The Kier molecular flexibility index (Phi) is 2.73. The van der Waals surface area contributed by atoms with E-state index in [0.717, 1.165) is 5.69 Å². The average molecular weight is 209 g/mol. The molecule has 1 N–H and O–H groups in total. The molecular formula is C10H15N3O2. The van der Waals surface area contributed by atoms with Gasteiger partial charge in [0, 0.05) is 18.8 Å². The minimum Gasteiger partial charge on any atom is -0.480 e. The Balaban J connectivity index is 1.97. The molecule has 5 heteroatoms. The normalized spacial score (nSPS) is 15.9. The summed E-state index contributed by atoms with van der Waals surface area (Å²) in [4.78, 5) is 16.4. The summed E-state index contributed by atoms with van der Waals surface area (Å²) in [6.45, 7) is 0.707. The van der Waals surface area contributed by atoms with E-state index in [1.165, 1.54) is 12.8 Å². The van der Waals surface area contributed by atoms with Crippen LogP contribution in [0.15, 0.2) is 12.5 Å². The second-order valence-corrected chi connectivity index (χ2v) is 4.09. The van der Waals surface area contributed by atoms with Gasteiger partial charge < -0.3 is 9.67 Å². The van der Waals surface area contributed by atoms with E-state index < -0.39 is 5.97 Å². The predicted molar refractivity (Wildman–Crippen MR) is 54.5 cm³/mol. The maximum Gasteiger partial charge on any atom is 0.317 e. The molecule has 0 spiro atoms. The largest absolute Gasteiger partial charge is 0.480 e. The number of hydrogen-bond donors (Lipinski definition) is 1. The van der Waals surface area contributed by atoms with Crippen molar-refractivity contribution >= 4 is 5.97 Å². The number of rotatable bonds is 5. The fourth-order valence-corrected chi connectivity index (χ4v) is 1.70. The van der Waals surface area contributed by atoms with Crippen LogP contribution in [0.1, 0.15) is 24.6 Å². The van der Waals surface area contributed by atoms with Gasteiger partial charge in [-0.05, 0) is 19.9 Å². The Morgan fingerprint density at radius 2 is 2.47 bits per heavy atom. The molecule has 1 fully saturated rings. The Hall–Kier alpha value is -1.36. The number of carboxylic acid groups (broad SMARTS) is 1. The van der Waals surface area contributed by atoms with Crippen molar-refractivity contribution in [3.8, 4) is 0 Å². The molecule has 0 aromatic carbocycles. The number of aromatic nitrogens is 2. The average Bonchev–Trinajstić information content (AvgIpc) is 2.87. The molecule has 2 rings (SSSR count). The lowest BCUT2D eigenvalue weighted by atomic mass is 10.4. The van der Waals surface area contributed by atoms with Gasteiger partial charge in [-0.25, -0.2) is 4.98 Å². The van der Waals surface area contributed by atoms with Crippen molar-refractivity contribution in [2.24, 2.45) is 0 Å². The number of likely N-dealkylation sites (N-methyl/N-ethyl adjacent to an activating group) is 1. The first-order chi connectivity index (χ1) is 7.16. The topological polar surface area (TPSA) is 58.4 Å². The molecule has 1 heterocycles. The summed E-state index contributed by atoms with van der Waals surface area (Å²) in [5, 5.41) is 8.64. The van der Waals surface area contributed by atoms with Crippen molar-refractivity contribution in [1.29, 1.82) is 0 Å². The molecule has 0 saturated heterocycles. The van der Waals surface area contributed by atoms with Crippen molar-refractivity contribution in [1.82, 2.24) is 14.5 Å². The van der Waals surface area contributed by atoms with Crippen LogP contribution in [0, 0.1) is 0 Å². The van der Waals surface area contributed by atoms with E-state index in [9.17, 15) is 4.79 Å². The first kappa shape index (κ1) is 10.2. The fraction of sp³-hybridized carbons (Fsp3) is 0.600. The highest BCUT2D eigenvalue weighted by Crippen LogP contribution is 2.35. The van der Waals surface area contributed by atoms with Crippen molar-refractivity contribution in [2.75, 3.05) is 13.6 Å². The van der Waals surface area contributed by atoms with E-state index in [4.69, 9.17) is 5.11 Å². The van der Waals surface area contributed by atoms with Gasteiger partial charge in [-0.3, -0.25) is 9.69 Å². The predicted octanol–water partition coefficient (Wildman–Crippen LogP) is 0.734. The molecule has 0 amide bonds. The van der Waals surface area contributed by atoms with Gasteiger partial charge in [0.2, 0.25) is 0 Å². The lowest BCUT2D eigenvalue weighted by Crippen LogP contribution is -2.26. The van der Waals surface area contributed by atoms with E-state index in [-0.39, 0.29) is 6.54 Å². The van der Waals surface area contributed by atoms with E-state index in [0.29, 0.717) is 12.6 Å². The first-order valence-corrected chi connectivity index (χ1v) is 5.08. The van der Waals surface area contributed by atoms with Crippen LogP contribution in [0.5, 0.6) is 0 Å². The van der Waals surface area contributed by atoms with E-state index in [1.807, 2.05) is 12.5 Å². The summed E-state index contributed by atoms with van der Waals surface area (Å²) in [5.41, 5.74) is 1.10. The van der Waals surface area contributed by atoms with Crippen molar-refractivity contribution in [3.63, 3.8) is 0 Å². The summed E-state index contributed by atoms with van der Waals surface area (Å²) in [6, 6.07) is 0.598. The molecule has 1 aliphatic carbocycles. The van der Waals surface area contributed by atoms with Gasteiger partial charge in [-0.15, -0.1) is 0 Å². The van der Waals surface area contributed by atoms with E-state index in [1.54, 1.807) is 11.9 Å². The van der Waals surface area contributed by atoms with Crippen LogP contribution in [0.3, 0.4) is 0 Å². The highest BCUT2D eigenvalue weighted by Gasteiger charge is 2.25. The second kappa shape index (κ2) is 4.02. The highest BCUT2D eigenvalue weighted by molar-refractivity contribution is 5.68. The van der Waals surface area contributed by atoms with Crippen LogP contribution < -0.4 is 0 Å². The number of hydrogen-bond acceptors (Lipinski definition) is 3. The van der Waals surface area contributed by atoms with Gasteiger partial charge in [0.15, 0.2) is 0 Å². The van der Waals surface area contributed by atoms with Crippen LogP contribution in [-0.2, 0) is 11.3 Å². The van der Waals surface area contributed by atoms with Crippen LogP contribution >= 0.6 is 0 Å². The zero-order chi connectivity index (χ0) is 10.8. The Labute approximate surface area is 88.3 Å². The lowest BCUT2D eigenvalue weighted by molar-refractivity contribution is -0.138. The van der Waals surface area contributed by atoms with Crippen molar-refractivity contribution < 1.29 is 9.90 Å². The molecule has 0 aliphatic heterocycles. The van der Waals surface area contributed by atoms with Crippen molar-refractivity contribution in [2.45, 2.75) is 25.4 Å². The number of imidazole rings is 1. The van der Waals surface area contributed by atoms with Gasteiger partial charge in [0.05, 0.1) is 18.6 Å². The SMILES string of the molecule is CN(CC(=O)O)Cc1cncn1C1CC1. The van der Waals surface area contributed by atoms with Gasteiger partial charge in [-0.1, -0.05) is 0 Å². The number of nitrogens with zero attached hydrogens (tertiary/aromatic N) is 3. The third kappa shape index (κ3) is 2.56. The maximum atomic E-state index is 10.5.